The van der Waals surface area contributed by atoms with Crippen LogP contribution in [0.5, 0.6) is 0 Å². The van der Waals surface area contributed by atoms with E-state index in [-0.39, 0.29) is 11.9 Å². The van der Waals surface area contributed by atoms with Crippen molar-refractivity contribution in [1.82, 2.24) is 9.21 Å². The van der Waals surface area contributed by atoms with Crippen LogP contribution in [0.15, 0.2) is 59.5 Å². The van der Waals surface area contributed by atoms with Gasteiger partial charge in [0.05, 0.1) is 10.9 Å². The summed E-state index contributed by atoms with van der Waals surface area (Å²) in [5.74, 6) is -0.0842. The van der Waals surface area contributed by atoms with Crippen molar-refractivity contribution in [3.05, 3.63) is 60.2 Å². The minimum Gasteiger partial charge on any atom is -0.325 e. The van der Waals surface area contributed by atoms with E-state index in [9.17, 15) is 13.2 Å². The predicted octanol–water partition coefficient (Wildman–Crippen LogP) is 2.97. The van der Waals surface area contributed by atoms with Crippen LogP contribution in [0.2, 0.25) is 0 Å². The number of nitrogens with one attached hydrogen (secondary N) is 1. The number of amides is 1. The van der Waals surface area contributed by atoms with Gasteiger partial charge in [-0.1, -0.05) is 43.7 Å². The lowest BCUT2D eigenvalue weighted by molar-refractivity contribution is -0.121. The van der Waals surface area contributed by atoms with E-state index in [0.717, 1.165) is 24.1 Å². The number of anilines is 1. The van der Waals surface area contributed by atoms with Gasteiger partial charge in [-0.25, -0.2) is 8.42 Å². The molecule has 1 aliphatic rings. The van der Waals surface area contributed by atoms with Crippen molar-refractivity contribution in [2.24, 2.45) is 0 Å². The van der Waals surface area contributed by atoms with Crippen molar-refractivity contribution in [2.45, 2.75) is 37.6 Å². The quantitative estimate of drug-likeness (QED) is 0.755. The van der Waals surface area contributed by atoms with Crippen LogP contribution < -0.4 is 5.32 Å². The lowest BCUT2D eigenvalue weighted by Gasteiger charge is -2.36. The lowest BCUT2D eigenvalue weighted by atomic mass is 10.1. The van der Waals surface area contributed by atoms with Crippen LogP contribution in [-0.4, -0.2) is 55.8 Å². The van der Waals surface area contributed by atoms with Crippen molar-refractivity contribution in [2.75, 3.05) is 31.5 Å². The fraction of sp³-hybridized carbons (Fsp3) is 0.409. The van der Waals surface area contributed by atoms with Gasteiger partial charge in [0.1, 0.15) is 0 Å². The molecule has 0 radical (unpaired) electrons. The van der Waals surface area contributed by atoms with Gasteiger partial charge in [0.2, 0.25) is 15.9 Å². The Balaban J connectivity index is 1.58. The van der Waals surface area contributed by atoms with Gasteiger partial charge >= 0.3 is 0 Å². The number of rotatable bonds is 7. The molecule has 7 heteroatoms. The van der Waals surface area contributed by atoms with Crippen molar-refractivity contribution in [1.29, 1.82) is 0 Å². The van der Waals surface area contributed by atoms with Gasteiger partial charge in [-0.2, -0.15) is 4.31 Å². The maximum absolute atomic E-state index is 12.9. The highest BCUT2D eigenvalue weighted by Gasteiger charge is 2.31. The lowest BCUT2D eigenvalue weighted by Crippen LogP contribution is -2.53. The zero-order chi connectivity index (χ0) is 20.9. The van der Waals surface area contributed by atoms with Crippen LogP contribution in [0, 0.1) is 0 Å². The smallest absolute Gasteiger partial charge is 0.243 e. The van der Waals surface area contributed by atoms with Crippen LogP contribution in [0.1, 0.15) is 25.8 Å². The number of para-hydroxylation sites is 1. The Labute approximate surface area is 173 Å². The molecule has 2 aromatic carbocycles. The first-order valence-corrected chi connectivity index (χ1v) is 11.5. The second-order valence-electron chi connectivity index (χ2n) is 7.37. The van der Waals surface area contributed by atoms with Gasteiger partial charge in [-0.3, -0.25) is 9.69 Å². The molecule has 0 aliphatic carbocycles. The van der Waals surface area contributed by atoms with E-state index in [0.29, 0.717) is 31.1 Å². The Hall–Kier alpha value is -2.22. The van der Waals surface area contributed by atoms with Crippen molar-refractivity contribution in [3.63, 3.8) is 0 Å². The van der Waals surface area contributed by atoms with E-state index in [1.807, 2.05) is 54.3 Å². The fourth-order valence-corrected chi connectivity index (χ4v) is 4.95. The number of carbonyl (C=O) groups is 1. The van der Waals surface area contributed by atoms with Crippen molar-refractivity contribution < 1.29 is 13.2 Å². The molecular formula is C22H29N3O3S. The molecule has 6 nitrogen and oxygen atoms in total. The molecule has 2 aromatic rings. The summed E-state index contributed by atoms with van der Waals surface area (Å²) in [5, 5.41) is 2.91. The summed E-state index contributed by atoms with van der Waals surface area (Å²) in [6.07, 6.45) is 1.98. The maximum Gasteiger partial charge on any atom is 0.243 e. The molecule has 1 amide bonds. The highest BCUT2D eigenvalue weighted by atomic mass is 32.2. The van der Waals surface area contributed by atoms with E-state index in [4.69, 9.17) is 0 Å². The molecule has 29 heavy (non-hydrogen) atoms. The summed E-state index contributed by atoms with van der Waals surface area (Å²) >= 11 is 0. The summed E-state index contributed by atoms with van der Waals surface area (Å²) in [6, 6.07) is 16.2. The molecule has 3 rings (SSSR count). The summed E-state index contributed by atoms with van der Waals surface area (Å²) in [6.45, 7) is 5.76. The van der Waals surface area contributed by atoms with Gasteiger partial charge in [0.15, 0.2) is 0 Å². The van der Waals surface area contributed by atoms with Crippen LogP contribution in [0.4, 0.5) is 5.69 Å². The van der Waals surface area contributed by atoms with Crippen LogP contribution in [0.25, 0.3) is 0 Å². The zero-order valence-electron chi connectivity index (χ0n) is 17.0. The fourth-order valence-electron chi connectivity index (χ4n) is 3.53. The second-order valence-corrected chi connectivity index (χ2v) is 9.30. The SMILES string of the molecule is CCCc1ccc(S(=O)(=O)N2CCN(C(C)C(=O)Nc3ccccc3)CC2)cc1. The number of nitrogens with zero attached hydrogens (tertiary/aromatic N) is 2. The number of aryl methyl sites for hydroxylation is 1. The molecule has 156 valence electrons. The minimum atomic E-state index is -3.51. The number of benzene rings is 2. The maximum atomic E-state index is 12.9. The highest BCUT2D eigenvalue weighted by molar-refractivity contribution is 7.89. The summed E-state index contributed by atoms with van der Waals surface area (Å²) in [7, 11) is -3.51. The Morgan fingerprint density at radius 3 is 2.21 bits per heavy atom. The summed E-state index contributed by atoms with van der Waals surface area (Å²) < 4.78 is 27.4. The molecular weight excluding hydrogens is 386 g/mol. The first-order chi connectivity index (χ1) is 13.9. The van der Waals surface area contributed by atoms with Gasteiger partial charge in [0, 0.05) is 31.9 Å². The number of piperazine rings is 1. The van der Waals surface area contributed by atoms with E-state index in [1.54, 1.807) is 12.1 Å². The third-order valence-electron chi connectivity index (χ3n) is 5.34. The molecule has 1 unspecified atom stereocenters. The molecule has 1 fully saturated rings. The second kappa shape index (κ2) is 9.52. The minimum absolute atomic E-state index is 0.0842. The average molecular weight is 416 g/mol. The number of sulfonamides is 1. The summed E-state index contributed by atoms with van der Waals surface area (Å²) in [5.41, 5.74) is 1.91. The monoisotopic (exact) mass is 415 g/mol. The topological polar surface area (TPSA) is 69.7 Å². The zero-order valence-corrected chi connectivity index (χ0v) is 17.9. The molecule has 1 heterocycles. The van der Waals surface area contributed by atoms with Gasteiger partial charge in [0.25, 0.3) is 0 Å². The third-order valence-corrected chi connectivity index (χ3v) is 7.25. The van der Waals surface area contributed by atoms with Crippen LogP contribution in [-0.2, 0) is 21.2 Å². The largest absolute Gasteiger partial charge is 0.325 e. The van der Waals surface area contributed by atoms with E-state index >= 15 is 0 Å². The normalized spacial score (nSPS) is 17.0. The molecule has 0 spiro atoms. The first kappa shape index (κ1) is 21.5. The van der Waals surface area contributed by atoms with E-state index < -0.39 is 10.0 Å². The van der Waals surface area contributed by atoms with Crippen LogP contribution >= 0.6 is 0 Å². The summed E-state index contributed by atoms with van der Waals surface area (Å²) in [4.78, 5) is 14.9. The molecule has 0 aromatic heterocycles. The average Bonchev–Trinajstić information content (AvgIpc) is 2.74. The van der Waals surface area contributed by atoms with E-state index in [1.165, 1.54) is 4.31 Å². The molecule has 1 atom stereocenters. The molecule has 1 N–H and O–H groups in total. The van der Waals surface area contributed by atoms with Crippen molar-refractivity contribution >= 4 is 21.6 Å². The Morgan fingerprint density at radius 1 is 1.00 bits per heavy atom. The third kappa shape index (κ3) is 5.23. The van der Waals surface area contributed by atoms with Crippen molar-refractivity contribution in [3.8, 4) is 0 Å². The Morgan fingerprint density at radius 2 is 1.62 bits per heavy atom. The molecule has 0 bridgehead atoms. The highest BCUT2D eigenvalue weighted by Crippen LogP contribution is 2.20. The van der Waals surface area contributed by atoms with Gasteiger partial charge in [-0.05, 0) is 43.2 Å². The predicted molar refractivity (Wildman–Crippen MR) is 115 cm³/mol. The molecule has 0 saturated carbocycles. The Bertz CT molecular complexity index is 906. The number of hydrogen-bond acceptors (Lipinski definition) is 4. The first-order valence-electron chi connectivity index (χ1n) is 10.1. The van der Waals surface area contributed by atoms with Gasteiger partial charge < -0.3 is 5.32 Å². The van der Waals surface area contributed by atoms with E-state index in [2.05, 4.69) is 12.2 Å². The number of hydrogen-bond donors (Lipinski definition) is 1. The molecule has 1 aliphatic heterocycles. The van der Waals surface area contributed by atoms with Gasteiger partial charge in [-0.15, -0.1) is 0 Å². The Kier molecular flexibility index (Phi) is 7.05. The molecule has 1 saturated heterocycles. The number of carbonyl (C=O) groups excluding carboxylic acids is 1. The van der Waals surface area contributed by atoms with Crippen LogP contribution in [0.3, 0.4) is 0 Å². The standard InChI is InChI=1S/C22H29N3O3S/c1-3-7-19-10-12-21(13-11-19)29(27,28)25-16-14-24(15-17-25)18(2)22(26)23-20-8-5-4-6-9-20/h4-6,8-13,18H,3,7,14-17H2,1-2H3,(H,23,26).